The molecule has 5 atom stereocenters. The zero-order chi connectivity index (χ0) is 23.3. The molecule has 0 spiro atoms. The first-order valence-electron chi connectivity index (χ1n) is 9.74. The van der Waals surface area contributed by atoms with Crippen LogP contribution in [0.2, 0.25) is 0 Å². The second-order valence-electron chi connectivity index (χ2n) is 7.23. The van der Waals surface area contributed by atoms with E-state index in [1.807, 2.05) is 18.2 Å². The summed E-state index contributed by atoms with van der Waals surface area (Å²) in [5.41, 5.74) is 0.479. The summed E-state index contributed by atoms with van der Waals surface area (Å²) in [5.74, 6) is -1.94. The van der Waals surface area contributed by atoms with Gasteiger partial charge in [-0.3, -0.25) is 4.79 Å². The molecule has 172 valence electrons. The maximum Gasteiger partial charge on any atom is 0.370 e. The first kappa shape index (κ1) is 23.2. The predicted octanol–water partition coefficient (Wildman–Crippen LogP) is -1.19. The molecule has 0 unspecified atom stereocenters. The summed E-state index contributed by atoms with van der Waals surface area (Å²) in [6.07, 6.45) is -3.60. The lowest BCUT2D eigenvalue weighted by atomic mass is 9.93. The van der Waals surface area contributed by atoms with Crippen LogP contribution in [0.4, 0.5) is 0 Å². The zero-order valence-corrected chi connectivity index (χ0v) is 17.1. The summed E-state index contributed by atoms with van der Waals surface area (Å²) in [6, 6.07) is 7.91. The van der Waals surface area contributed by atoms with E-state index in [1.54, 1.807) is 12.1 Å². The number of nitrogens with zero attached hydrogens (tertiary/aromatic N) is 3. The van der Waals surface area contributed by atoms with Crippen molar-refractivity contribution in [3.63, 3.8) is 0 Å². The van der Waals surface area contributed by atoms with Crippen LogP contribution in [-0.2, 0) is 27.5 Å². The Kier molecular flexibility index (Phi) is 7.41. The zero-order valence-electron chi connectivity index (χ0n) is 17.1. The number of aromatic nitrogens is 3. The number of carbonyl (C=O) groups excluding carboxylic acids is 1. The van der Waals surface area contributed by atoms with Crippen molar-refractivity contribution in [1.82, 2.24) is 20.3 Å². The summed E-state index contributed by atoms with van der Waals surface area (Å²) >= 11 is 0. The summed E-state index contributed by atoms with van der Waals surface area (Å²) in [6.45, 7) is 1.11. The minimum atomic E-state index is -1.67. The van der Waals surface area contributed by atoms with Crippen LogP contribution in [-0.4, -0.2) is 77.8 Å². The molecular weight excluding hydrogens is 424 g/mol. The van der Waals surface area contributed by atoms with Crippen LogP contribution in [0.25, 0.3) is 0 Å². The van der Waals surface area contributed by atoms with Crippen LogP contribution in [0, 0.1) is 0 Å². The topological polar surface area (TPSA) is 176 Å². The smallest absolute Gasteiger partial charge is 0.370 e. The van der Waals surface area contributed by atoms with Gasteiger partial charge in [0.15, 0.2) is 6.10 Å². The van der Waals surface area contributed by atoms with E-state index >= 15 is 0 Å². The Bertz CT molecular complexity index is 964. The summed E-state index contributed by atoms with van der Waals surface area (Å²) in [7, 11) is 0. The number of aliphatic hydroxyl groups is 3. The molecule has 0 radical (unpaired) electrons. The van der Waals surface area contributed by atoms with E-state index in [4.69, 9.17) is 14.6 Å². The number of benzene rings is 1. The fourth-order valence-electron chi connectivity index (χ4n) is 3.20. The molecule has 3 rings (SSSR count). The van der Waals surface area contributed by atoms with Crippen molar-refractivity contribution in [2.24, 2.45) is 0 Å². The summed E-state index contributed by atoms with van der Waals surface area (Å²) in [5, 5.41) is 50.7. The highest BCUT2D eigenvalue weighted by atomic mass is 16.5. The number of hydrogen-bond acceptors (Lipinski definition) is 9. The van der Waals surface area contributed by atoms with Crippen molar-refractivity contribution in [3.05, 3.63) is 54.1 Å². The van der Waals surface area contributed by atoms with E-state index in [9.17, 15) is 24.9 Å². The molecule has 1 aromatic carbocycles. The van der Waals surface area contributed by atoms with Crippen LogP contribution >= 0.6 is 0 Å². The number of ether oxygens (including phenoxy) is 2. The monoisotopic (exact) mass is 448 g/mol. The van der Waals surface area contributed by atoms with Crippen molar-refractivity contribution in [2.75, 3.05) is 0 Å². The fraction of sp³-hybridized carbons (Fsp3) is 0.400. The van der Waals surface area contributed by atoms with Crippen LogP contribution in [0.5, 0.6) is 5.75 Å². The van der Waals surface area contributed by atoms with Crippen molar-refractivity contribution >= 4 is 11.9 Å². The molecule has 5 N–H and O–H groups in total. The Labute approximate surface area is 182 Å². The summed E-state index contributed by atoms with van der Waals surface area (Å²) in [4.78, 5) is 22.7. The van der Waals surface area contributed by atoms with Gasteiger partial charge in [-0.2, -0.15) is 0 Å². The summed E-state index contributed by atoms with van der Waals surface area (Å²) < 4.78 is 12.1. The van der Waals surface area contributed by atoms with E-state index < -0.39 is 48.1 Å². The highest BCUT2D eigenvalue weighted by Crippen LogP contribution is 2.23. The first-order valence-corrected chi connectivity index (χ1v) is 9.74. The van der Waals surface area contributed by atoms with E-state index in [0.29, 0.717) is 11.4 Å². The van der Waals surface area contributed by atoms with Gasteiger partial charge in [-0.1, -0.05) is 23.4 Å². The van der Waals surface area contributed by atoms with Crippen LogP contribution in [0.3, 0.4) is 0 Å². The van der Waals surface area contributed by atoms with Crippen molar-refractivity contribution in [3.8, 4) is 5.75 Å². The van der Waals surface area contributed by atoms with Gasteiger partial charge in [-0.15, -0.1) is 5.10 Å². The van der Waals surface area contributed by atoms with E-state index in [2.05, 4.69) is 15.6 Å². The largest absolute Gasteiger partial charge is 0.487 e. The molecule has 12 heteroatoms. The van der Waals surface area contributed by atoms with Gasteiger partial charge in [0, 0.05) is 6.92 Å². The van der Waals surface area contributed by atoms with E-state index in [0.717, 1.165) is 6.08 Å². The lowest BCUT2D eigenvalue weighted by molar-refractivity contribution is -0.148. The fourth-order valence-corrected chi connectivity index (χ4v) is 3.20. The average Bonchev–Trinajstić information content (AvgIpc) is 3.20. The van der Waals surface area contributed by atoms with Crippen LogP contribution in [0.1, 0.15) is 12.6 Å². The molecule has 1 aliphatic rings. The SMILES string of the molecule is CC(=O)N[C@H]1[C@H]([C@@H](O)[C@H](O)Cn2cc(COc3ccccc3)nn2)OC(C(=O)O)=C[C@@H]1O. The molecule has 2 heterocycles. The van der Waals surface area contributed by atoms with Gasteiger partial charge >= 0.3 is 5.97 Å². The van der Waals surface area contributed by atoms with Crippen molar-refractivity contribution < 1.29 is 39.5 Å². The van der Waals surface area contributed by atoms with Gasteiger partial charge in [-0.05, 0) is 18.2 Å². The third kappa shape index (κ3) is 5.81. The second kappa shape index (κ2) is 10.2. The van der Waals surface area contributed by atoms with Gasteiger partial charge in [-0.25, -0.2) is 9.48 Å². The molecule has 1 aromatic heterocycles. The molecule has 0 saturated carbocycles. The molecule has 1 amide bonds. The number of aliphatic carboxylic acids is 1. The second-order valence-corrected chi connectivity index (χ2v) is 7.23. The average molecular weight is 448 g/mol. The maximum absolute atomic E-state index is 11.5. The number of carboxylic acids is 1. The number of carbonyl (C=O) groups is 2. The molecule has 0 aliphatic carbocycles. The maximum atomic E-state index is 11.5. The molecule has 2 aromatic rings. The van der Waals surface area contributed by atoms with Crippen molar-refractivity contribution in [2.45, 2.75) is 50.5 Å². The van der Waals surface area contributed by atoms with Crippen LogP contribution < -0.4 is 10.1 Å². The third-order valence-corrected chi connectivity index (χ3v) is 4.71. The number of aliphatic hydroxyl groups excluding tert-OH is 3. The standard InChI is InChI=1S/C20H24N4O8/c1-11(25)21-17-14(26)7-16(20(29)30)32-19(17)18(28)15(27)9-24-8-12(22-23-24)10-31-13-5-3-2-4-6-13/h2-8,14-15,17-19,26-28H,9-10H2,1H3,(H,21,25)(H,29,30)/t14-,15+,17+,18-,19+/m0/s1. The van der Waals surface area contributed by atoms with Crippen LogP contribution in [0.15, 0.2) is 48.4 Å². The Morgan fingerprint density at radius 2 is 2.00 bits per heavy atom. The lowest BCUT2D eigenvalue weighted by Crippen LogP contribution is -2.59. The minimum Gasteiger partial charge on any atom is -0.487 e. The number of hydrogen-bond donors (Lipinski definition) is 5. The Morgan fingerprint density at radius 1 is 1.28 bits per heavy atom. The lowest BCUT2D eigenvalue weighted by Gasteiger charge is -2.38. The normalized spacial score (nSPS) is 22.2. The Balaban J connectivity index is 1.65. The first-order chi connectivity index (χ1) is 15.2. The molecular formula is C20H24N4O8. The number of nitrogens with one attached hydrogen (secondary N) is 1. The minimum absolute atomic E-state index is 0.137. The van der Waals surface area contributed by atoms with Crippen molar-refractivity contribution in [1.29, 1.82) is 0 Å². The Hall–Kier alpha value is -3.48. The molecule has 1 aliphatic heterocycles. The predicted molar refractivity (Wildman–Crippen MR) is 107 cm³/mol. The number of para-hydroxylation sites is 1. The van der Waals surface area contributed by atoms with E-state index in [1.165, 1.54) is 17.8 Å². The van der Waals surface area contributed by atoms with Gasteiger partial charge in [0.1, 0.15) is 36.4 Å². The number of rotatable bonds is 9. The van der Waals surface area contributed by atoms with Gasteiger partial charge in [0.2, 0.25) is 11.7 Å². The molecule has 32 heavy (non-hydrogen) atoms. The molecule has 12 nitrogen and oxygen atoms in total. The number of amides is 1. The van der Waals surface area contributed by atoms with Gasteiger partial charge < -0.3 is 35.2 Å². The number of carboxylic acid groups (broad SMARTS) is 1. The van der Waals surface area contributed by atoms with Gasteiger partial charge in [0.25, 0.3) is 0 Å². The van der Waals surface area contributed by atoms with Gasteiger partial charge in [0.05, 0.1) is 18.8 Å². The third-order valence-electron chi connectivity index (χ3n) is 4.71. The highest BCUT2D eigenvalue weighted by Gasteiger charge is 2.43. The molecule has 0 fully saturated rings. The molecule has 0 saturated heterocycles. The quantitative estimate of drug-likeness (QED) is 0.313. The molecule has 0 bridgehead atoms. The Morgan fingerprint density at radius 3 is 2.66 bits per heavy atom. The highest BCUT2D eigenvalue weighted by molar-refractivity contribution is 5.84. The van der Waals surface area contributed by atoms with E-state index in [-0.39, 0.29) is 13.2 Å².